The standard InChI is InChI=1S/C16H20N4O2/c1-11-9-20-10-13(5-6-15(20)18-11)19-16(21)12(2)22-14-4-3-7-17-8-14/h3-4,7-9,12-13H,5-6,10H2,1-2H3,(H,19,21)/t12-,13-/m0/s1. The van der Waals surface area contributed by atoms with E-state index in [1.54, 1.807) is 31.5 Å². The van der Waals surface area contributed by atoms with Crippen LogP contribution in [0.3, 0.4) is 0 Å². The van der Waals surface area contributed by atoms with E-state index in [4.69, 9.17) is 4.74 Å². The van der Waals surface area contributed by atoms with Gasteiger partial charge in [0, 0.05) is 31.4 Å². The molecule has 3 rings (SSSR count). The number of nitrogens with zero attached hydrogens (tertiary/aromatic N) is 3. The van der Waals surface area contributed by atoms with E-state index in [0.717, 1.165) is 30.9 Å². The Hall–Kier alpha value is -2.37. The molecule has 0 unspecified atom stereocenters. The molecule has 0 fully saturated rings. The number of nitrogens with one attached hydrogen (secondary N) is 1. The van der Waals surface area contributed by atoms with Crippen LogP contribution in [0.4, 0.5) is 0 Å². The molecule has 2 aromatic heterocycles. The second kappa shape index (κ2) is 6.17. The molecule has 6 heteroatoms. The second-order valence-electron chi connectivity index (χ2n) is 5.64. The van der Waals surface area contributed by atoms with Gasteiger partial charge in [-0.2, -0.15) is 0 Å². The van der Waals surface area contributed by atoms with Crippen LogP contribution in [0.15, 0.2) is 30.7 Å². The van der Waals surface area contributed by atoms with Crippen LogP contribution in [-0.4, -0.2) is 32.6 Å². The number of ether oxygens (including phenoxy) is 1. The van der Waals surface area contributed by atoms with Gasteiger partial charge in [0.1, 0.15) is 11.6 Å². The zero-order valence-electron chi connectivity index (χ0n) is 12.8. The summed E-state index contributed by atoms with van der Waals surface area (Å²) in [5.74, 6) is 1.60. The second-order valence-corrected chi connectivity index (χ2v) is 5.64. The topological polar surface area (TPSA) is 69.0 Å². The molecule has 0 saturated carbocycles. The normalized spacial score (nSPS) is 18.4. The number of pyridine rings is 1. The van der Waals surface area contributed by atoms with Gasteiger partial charge < -0.3 is 14.6 Å². The highest BCUT2D eigenvalue weighted by Crippen LogP contribution is 2.15. The summed E-state index contributed by atoms with van der Waals surface area (Å²) in [6.07, 6.45) is 6.55. The lowest BCUT2D eigenvalue weighted by atomic mass is 10.1. The number of carbonyl (C=O) groups excluding carboxylic acids is 1. The van der Waals surface area contributed by atoms with Crippen molar-refractivity contribution in [3.8, 4) is 5.75 Å². The molecule has 0 bridgehead atoms. The summed E-state index contributed by atoms with van der Waals surface area (Å²) in [4.78, 5) is 20.7. The Morgan fingerprint density at radius 2 is 2.41 bits per heavy atom. The molecule has 116 valence electrons. The third kappa shape index (κ3) is 3.27. The highest BCUT2D eigenvalue weighted by molar-refractivity contribution is 5.81. The largest absolute Gasteiger partial charge is 0.479 e. The smallest absolute Gasteiger partial charge is 0.261 e. The van der Waals surface area contributed by atoms with Gasteiger partial charge in [0.25, 0.3) is 5.91 Å². The molecule has 2 aromatic rings. The van der Waals surface area contributed by atoms with Crippen molar-refractivity contribution in [1.29, 1.82) is 0 Å². The molecule has 0 spiro atoms. The Balaban J connectivity index is 1.56. The maximum absolute atomic E-state index is 12.3. The number of hydrogen-bond acceptors (Lipinski definition) is 4. The average molecular weight is 300 g/mol. The van der Waals surface area contributed by atoms with Crippen molar-refractivity contribution < 1.29 is 9.53 Å². The van der Waals surface area contributed by atoms with Crippen molar-refractivity contribution in [3.05, 3.63) is 42.2 Å². The van der Waals surface area contributed by atoms with Crippen molar-refractivity contribution in [2.45, 2.75) is 45.4 Å². The highest BCUT2D eigenvalue weighted by atomic mass is 16.5. The first kappa shape index (κ1) is 14.6. The predicted octanol–water partition coefficient (Wildman–Crippen LogP) is 1.49. The quantitative estimate of drug-likeness (QED) is 0.928. The van der Waals surface area contributed by atoms with Crippen molar-refractivity contribution in [2.24, 2.45) is 0 Å². The summed E-state index contributed by atoms with van der Waals surface area (Å²) in [5, 5.41) is 3.06. The summed E-state index contributed by atoms with van der Waals surface area (Å²) in [7, 11) is 0. The molecule has 6 nitrogen and oxygen atoms in total. The Morgan fingerprint density at radius 1 is 1.55 bits per heavy atom. The maximum atomic E-state index is 12.3. The van der Waals surface area contributed by atoms with E-state index in [1.165, 1.54) is 0 Å². The molecule has 1 aliphatic heterocycles. The van der Waals surface area contributed by atoms with Gasteiger partial charge in [-0.25, -0.2) is 4.98 Å². The minimum atomic E-state index is -0.546. The minimum absolute atomic E-state index is 0.103. The van der Waals surface area contributed by atoms with Crippen LogP contribution in [0.25, 0.3) is 0 Å². The molecule has 0 saturated heterocycles. The molecule has 1 aliphatic rings. The van der Waals surface area contributed by atoms with Crippen molar-refractivity contribution >= 4 is 5.91 Å². The van der Waals surface area contributed by atoms with Gasteiger partial charge in [0.05, 0.1) is 11.9 Å². The summed E-state index contributed by atoms with van der Waals surface area (Å²) >= 11 is 0. The first-order chi connectivity index (χ1) is 10.6. The number of aromatic nitrogens is 3. The van der Waals surface area contributed by atoms with E-state index in [-0.39, 0.29) is 11.9 Å². The molecule has 0 radical (unpaired) electrons. The van der Waals surface area contributed by atoms with E-state index in [0.29, 0.717) is 5.75 Å². The number of imidazole rings is 1. The van der Waals surface area contributed by atoms with Gasteiger partial charge in [-0.3, -0.25) is 9.78 Å². The number of rotatable bonds is 4. The Morgan fingerprint density at radius 3 is 3.18 bits per heavy atom. The van der Waals surface area contributed by atoms with Crippen LogP contribution in [0.1, 0.15) is 24.9 Å². The Kier molecular flexibility index (Phi) is 4.09. The highest BCUT2D eigenvalue weighted by Gasteiger charge is 2.24. The Bertz CT molecular complexity index is 653. The van der Waals surface area contributed by atoms with Gasteiger partial charge in [-0.05, 0) is 32.4 Å². The molecular weight excluding hydrogens is 280 g/mol. The van der Waals surface area contributed by atoms with Crippen LogP contribution in [0.2, 0.25) is 0 Å². The van der Waals surface area contributed by atoms with E-state index < -0.39 is 6.10 Å². The number of hydrogen-bond donors (Lipinski definition) is 1. The fraction of sp³-hybridized carbons (Fsp3) is 0.438. The van der Waals surface area contributed by atoms with Crippen molar-refractivity contribution in [1.82, 2.24) is 19.9 Å². The van der Waals surface area contributed by atoms with E-state index >= 15 is 0 Å². The minimum Gasteiger partial charge on any atom is -0.479 e. The SMILES string of the molecule is Cc1cn2c(n1)CC[C@H](NC(=O)[C@H](C)Oc1cccnc1)C2. The summed E-state index contributed by atoms with van der Waals surface area (Å²) in [6, 6.07) is 3.69. The zero-order valence-corrected chi connectivity index (χ0v) is 12.8. The third-order valence-electron chi connectivity index (χ3n) is 3.78. The van der Waals surface area contributed by atoms with Crippen LogP contribution >= 0.6 is 0 Å². The lowest BCUT2D eigenvalue weighted by Crippen LogP contribution is -2.46. The zero-order chi connectivity index (χ0) is 15.5. The number of aryl methyl sites for hydroxylation is 2. The molecule has 2 atom stereocenters. The van der Waals surface area contributed by atoms with E-state index in [9.17, 15) is 4.79 Å². The van der Waals surface area contributed by atoms with Crippen molar-refractivity contribution in [2.75, 3.05) is 0 Å². The molecule has 1 amide bonds. The van der Waals surface area contributed by atoms with Crippen LogP contribution in [-0.2, 0) is 17.8 Å². The molecule has 3 heterocycles. The Labute approximate surface area is 129 Å². The maximum Gasteiger partial charge on any atom is 0.261 e. The van der Waals surface area contributed by atoms with E-state index in [2.05, 4.69) is 19.9 Å². The van der Waals surface area contributed by atoms with Crippen molar-refractivity contribution in [3.63, 3.8) is 0 Å². The fourth-order valence-electron chi connectivity index (χ4n) is 2.70. The van der Waals surface area contributed by atoms with Gasteiger partial charge in [0.2, 0.25) is 0 Å². The number of fused-ring (bicyclic) bond motifs is 1. The lowest BCUT2D eigenvalue weighted by Gasteiger charge is -2.26. The first-order valence-corrected chi connectivity index (χ1v) is 7.51. The number of amides is 1. The molecular formula is C16H20N4O2. The lowest BCUT2D eigenvalue weighted by molar-refractivity contribution is -0.128. The average Bonchev–Trinajstić information content (AvgIpc) is 2.87. The van der Waals surface area contributed by atoms with Gasteiger partial charge in [-0.15, -0.1) is 0 Å². The van der Waals surface area contributed by atoms with Crippen LogP contribution in [0, 0.1) is 6.92 Å². The summed E-state index contributed by atoms with van der Waals surface area (Å²) in [5.41, 5.74) is 1.02. The monoisotopic (exact) mass is 300 g/mol. The summed E-state index contributed by atoms with van der Waals surface area (Å²) in [6.45, 7) is 4.50. The molecule has 22 heavy (non-hydrogen) atoms. The van der Waals surface area contributed by atoms with Gasteiger partial charge >= 0.3 is 0 Å². The predicted molar refractivity (Wildman–Crippen MR) is 81.5 cm³/mol. The van der Waals surface area contributed by atoms with Crippen LogP contribution < -0.4 is 10.1 Å². The fourth-order valence-corrected chi connectivity index (χ4v) is 2.70. The molecule has 0 aliphatic carbocycles. The number of carbonyl (C=O) groups is 1. The molecule has 0 aromatic carbocycles. The summed E-state index contributed by atoms with van der Waals surface area (Å²) < 4.78 is 7.72. The van der Waals surface area contributed by atoms with Gasteiger partial charge in [0.15, 0.2) is 6.10 Å². The van der Waals surface area contributed by atoms with Gasteiger partial charge in [-0.1, -0.05) is 0 Å². The van der Waals surface area contributed by atoms with E-state index in [1.807, 2.05) is 13.1 Å². The van der Waals surface area contributed by atoms with Crippen LogP contribution in [0.5, 0.6) is 5.75 Å². The first-order valence-electron chi connectivity index (χ1n) is 7.51. The third-order valence-corrected chi connectivity index (χ3v) is 3.78. The molecule has 1 N–H and O–H groups in total.